The summed E-state index contributed by atoms with van der Waals surface area (Å²) in [4.78, 5) is 16.5. The summed E-state index contributed by atoms with van der Waals surface area (Å²) in [5.41, 5.74) is 5.31. The van der Waals surface area contributed by atoms with E-state index in [1.54, 1.807) is 20.3 Å². The molecule has 3 aliphatic rings. The van der Waals surface area contributed by atoms with Gasteiger partial charge < -0.3 is 29.7 Å². The summed E-state index contributed by atoms with van der Waals surface area (Å²) in [6, 6.07) is 19.4. The molecule has 3 aromatic carbocycles. The third kappa shape index (κ3) is 7.11. The fourth-order valence-corrected chi connectivity index (χ4v) is 6.58. The van der Waals surface area contributed by atoms with E-state index < -0.39 is 0 Å². The summed E-state index contributed by atoms with van der Waals surface area (Å²) in [6.45, 7) is 2.61. The number of hydrogen-bond donors (Lipinski definition) is 2. The van der Waals surface area contributed by atoms with Crippen LogP contribution in [0, 0.1) is 5.82 Å². The molecule has 2 heterocycles. The Labute approximate surface area is 266 Å². The van der Waals surface area contributed by atoms with Crippen LogP contribution in [0.3, 0.4) is 0 Å². The number of halogens is 2. The van der Waals surface area contributed by atoms with Gasteiger partial charge in [-0.2, -0.15) is 0 Å². The molecule has 2 N–H and O–H groups in total. The fourth-order valence-electron chi connectivity index (χ4n) is 6.22. The molecule has 2 bridgehead atoms. The van der Waals surface area contributed by atoms with Crippen LogP contribution in [0.5, 0.6) is 17.2 Å². The molecular weight excluding hydrogens is 625 g/mol. The van der Waals surface area contributed by atoms with Gasteiger partial charge in [0.1, 0.15) is 23.1 Å². The molecule has 1 aliphatic carbocycles. The van der Waals surface area contributed by atoms with Crippen LogP contribution in [0.2, 0.25) is 0 Å². The third-order valence-corrected chi connectivity index (χ3v) is 9.26. The minimum absolute atomic E-state index is 0.0370. The molecule has 2 fully saturated rings. The molecule has 1 saturated heterocycles. The van der Waals surface area contributed by atoms with Crippen molar-refractivity contribution in [3.63, 3.8) is 0 Å². The van der Waals surface area contributed by atoms with Crippen molar-refractivity contribution in [1.82, 2.24) is 15.5 Å². The maximum atomic E-state index is 14.5. The first kappa shape index (κ1) is 30.6. The molecule has 9 heteroatoms. The predicted molar refractivity (Wildman–Crippen MR) is 173 cm³/mol. The first-order valence-corrected chi connectivity index (χ1v) is 16.1. The van der Waals surface area contributed by atoms with Crippen molar-refractivity contribution in [2.45, 2.75) is 56.8 Å². The molecule has 3 aromatic rings. The summed E-state index contributed by atoms with van der Waals surface area (Å²) in [5.74, 6) is 1.74. The van der Waals surface area contributed by atoms with Crippen molar-refractivity contribution in [2.75, 3.05) is 33.9 Å². The smallest absolute Gasteiger partial charge is 0.252 e. The van der Waals surface area contributed by atoms with Gasteiger partial charge in [0.15, 0.2) is 0 Å². The molecule has 2 unspecified atom stereocenters. The standard InChI is InChI=1S/C35H39BrFN3O4/c1-42-28-14-23(15-29(18-28)43-2)21-40(27-10-11-27)35(41)34-30(17-26-19-38-20-32(34)39-26)24-7-5-22(6-8-24)4-3-13-44-33-16-25(37)9-12-31(33)36/h5-9,12,14-16,18,26-27,32,38-39H,3-4,10-11,13,17,19-21H2,1-2H3. The van der Waals surface area contributed by atoms with E-state index in [0.717, 1.165) is 83.4 Å². The summed E-state index contributed by atoms with van der Waals surface area (Å²) < 4.78 is 31.1. The lowest BCUT2D eigenvalue weighted by molar-refractivity contribution is -0.128. The second-order valence-electron chi connectivity index (χ2n) is 11.8. The Morgan fingerprint density at radius 1 is 0.977 bits per heavy atom. The van der Waals surface area contributed by atoms with Gasteiger partial charge in [0, 0.05) is 49.4 Å². The summed E-state index contributed by atoms with van der Waals surface area (Å²) in [5, 5.41) is 7.24. The van der Waals surface area contributed by atoms with E-state index >= 15 is 0 Å². The lowest BCUT2D eigenvalue weighted by Crippen LogP contribution is -2.59. The van der Waals surface area contributed by atoms with Gasteiger partial charge in [-0.25, -0.2) is 4.39 Å². The Balaban J connectivity index is 1.20. The quantitative estimate of drug-likeness (QED) is 0.235. The molecule has 44 heavy (non-hydrogen) atoms. The number of aryl methyl sites for hydroxylation is 1. The molecule has 2 aliphatic heterocycles. The molecular formula is C35H39BrFN3O4. The largest absolute Gasteiger partial charge is 0.497 e. The highest BCUT2D eigenvalue weighted by Crippen LogP contribution is 2.37. The third-order valence-electron chi connectivity index (χ3n) is 8.61. The van der Waals surface area contributed by atoms with E-state index in [1.807, 2.05) is 23.1 Å². The number of ether oxygens (including phenoxy) is 3. The maximum absolute atomic E-state index is 14.5. The Morgan fingerprint density at radius 3 is 2.43 bits per heavy atom. The van der Waals surface area contributed by atoms with Gasteiger partial charge in [0.05, 0.1) is 31.3 Å². The Kier molecular flexibility index (Phi) is 9.54. The van der Waals surface area contributed by atoms with Gasteiger partial charge in [-0.1, -0.05) is 24.3 Å². The van der Waals surface area contributed by atoms with Gasteiger partial charge in [-0.05, 0) is 94.6 Å². The van der Waals surface area contributed by atoms with Gasteiger partial charge in [0.25, 0.3) is 5.91 Å². The summed E-state index contributed by atoms with van der Waals surface area (Å²) in [7, 11) is 3.29. The van der Waals surface area contributed by atoms with Crippen LogP contribution >= 0.6 is 15.9 Å². The van der Waals surface area contributed by atoms with E-state index in [0.29, 0.717) is 18.9 Å². The van der Waals surface area contributed by atoms with Gasteiger partial charge in [0.2, 0.25) is 0 Å². The number of fused-ring (bicyclic) bond motifs is 2. The van der Waals surface area contributed by atoms with E-state index in [-0.39, 0.29) is 29.8 Å². The maximum Gasteiger partial charge on any atom is 0.252 e. The number of nitrogens with one attached hydrogen (secondary N) is 2. The van der Waals surface area contributed by atoms with E-state index in [4.69, 9.17) is 14.2 Å². The number of carbonyl (C=O) groups excluding carboxylic acids is 1. The molecule has 0 spiro atoms. The second-order valence-corrected chi connectivity index (χ2v) is 12.6. The summed E-state index contributed by atoms with van der Waals surface area (Å²) in [6.07, 6.45) is 4.48. The van der Waals surface area contributed by atoms with Crippen LogP contribution in [0.25, 0.3) is 5.57 Å². The van der Waals surface area contributed by atoms with Crippen molar-refractivity contribution in [3.8, 4) is 17.2 Å². The first-order chi connectivity index (χ1) is 21.4. The van der Waals surface area contributed by atoms with Gasteiger partial charge in [-0.3, -0.25) is 4.79 Å². The number of methoxy groups -OCH3 is 2. The zero-order chi connectivity index (χ0) is 30.6. The van der Waals surface area contributed by atoms with E-state index in [9.17, 15) is 9.18 Å². The lowest BCUT2D eigenvalue weighted by Gasteiger charge is -2.41. The van der Waals surface area contributed by atoms with Crippen LogP contribution in [-0.2, 0) is 17.8 Å². The average Bonchev–Trinajstić information content (AvgIpc) is 3.89. The van der Waals surface area contributed by atoms with Crippen molar-refractivity contribution in [3.05, 3.63) is 93.2 Å². The number of nitrogens with zero attached hydrogens (tertiary/aromatic N) is 1. The average molecular weight is 665 g/mol. The van der Waals surface area contributed by atoms with Crippen molar-refractivity contribution < 1.29 is 23.4 Å². The number of rotatable bonds is 12. The predicted octanol–water partition coefficient (Wildman–Crippen LogP) is 5.90. The van der Waals surface area contributed by atoms with Crippen LogP contribution in [0.1, 0.15) is 42.4 Å². The summed E-state index contributed by atoms with van der Waals surface area (Å²) >= 11 is 3.41. The highest BCUT2D eigenvalue weighted by Gasteiger charge is 2.41. The van der Waals surface area contributed by atoms with Crippen molar-refractivity contribution >= 4 is 27.4 Å². The molecule has 0 aromatic heterocycles. The Hall–Kier alpha value is -3.40. The Bertz CT molecular complexity index is 1500. The molecule has 232 valence electrons. The van der Waals surface area contributed by atoms with E-state index in [2.05, 4.69) is 50.8 Å². The van der Waals surface area contributed by atoms with Gasteiger partial charge >= 0.3 is 0 Å². The SMILES string of the molecule is COc1cc(CN(C(=O)C2=C(c3ccc(CCCOc4cc(F)ccc4Br)cc3)CC3CNCC2N3)C2CC2)cc(OC)c1. The van der Waals surface area contributed by atoms with Crippen LogP contribution in [0.15, 0.2) is 70.7 Å². The number of amides is 1. The van der Waals surface area contributed by atoms with Crippen molar-refractivity contribution in [2.24, 2.45) is 0 Å². The monoisotopic (exact) mass is 663 g/mol. The van der Waals surface area contributed by atoms with Gasteiger partial charge in [-0.15, -0.1) is 0 Å². The number of carbonyl (C=O) groups is 1. The highest BCUT2D eigenvalue weighted by atomic mass is 79.9. The zero-order valence-corrected chi connectivity index (χ0v) is 26.8. The van der Waals surface area contributed by atoms with Crippen LogP contribution in [-0.4, -0.2) is 62.8 Å². The topological polar surface area (TPSA) is 72.1 Å². The fraction of sp³-hybridized carbons (Fsp3) is 0.400. The normalized spacial score (nSPS) is 19.5. The molecule has 1 amide bonds. The van der Waals surface area contributed by atoms with Crippen molar-refractivity contribution in [1.29, 1.82) is 0 Å². The molecule has 0 radical (unpaired) electrons. The molecule has 6 rings (SSSR count). The molecule has 2 atom stereocenters. The number of benzene rings is 3. The molecule has 1 saturated carbocycles. The minimum Gasteiger partial charge on any atom is -0.497 e. The minimum atomic E-state index is -0.315. The van der Waals surface area contributed by atoms with Crippen LogP contribution in [0.4, 0.5) is 4.39 Å². The first-order valence-electron chi connectivity index (χ1n) is 15.3. The highest BCUT2D eigenvalue weighted by molar-refractivity contribution is 9.10. The van der Waals surface area contributed by atoms with E-state index in [1.165, 1.54) is 17.7 Å². The number of piperazine rings is 1. The molecule has 7 nitrogen and oxygen atoms in total. The second kappa shape index (κ2) is 13.7. The lowest BCUT2D eigenvalue weighted by atomic mass is 9.83. The number of hydrogen-bond acceptors (Lipinski definition) is 6. The zero-order valence-electron chi connectivity index (χ0n) is 25.2. The Morgan fingerprint density at radius 2 is 1.73 bits per heavy atom. The van der Waals surface area contributed by atoms with Crippen LogP contribution < -0.4 is 24.8 Å².